The standard InChI is InChI=1S/C17H18ClNO4/c1-4-23-17(22)11-7-15(19(9-11)10(2)3)14-8-12(18)5-6-13(14)16(20)21/h5-10H,4H2,1-3H3,(H,20,21). The van der Waals surface area contributed by atoms with Gasteiger partial charge in [0, 0.05) is 22.8 Å². The van der Waals surface area contributed by atoms with E-state index in [4.69, 9.17) is 16.3 Å². The number of carbonyl (C=O) groups excluding carboxylic acids is 1. The summed E-state index contributed by atoms with van der Waals surface area (Å²) in [7, 11) is 0. The van der Waals surface area contributed by atoms with Crippen LogP contribution in [0.15, 0.2) is 30.5 Å². The molecule has 1 aromatic heterocycles. The van der Waals surface area contributed by atoms with E-state index >= 15 is 0 Å². The molecule has 1 aromatic carbocycles. The number of rotatable bonds is 5. The number of hydrogen-bond donors (Lipinski definition) is 1. The topological polar surface area (TPSA) is 68.5 Å². The fourth-order valence-corrected chi connectivity index (χ4v) is 2.54. The van der Waals surface area contributed by atoms with E-state index in [0.29, 0.717) is 21.8 Å². The van der Waals surface area contributed by atoms with Gasteiger partial charge in [-0.05, 0) is 45.0 Å². The molecule has 0 fully saturated rings. The number of nitrogens with zero attached hydrogens (tertiary/aromatic N) is 1. The number of esters is 1. The molecule has 2 rings (SSSR count). The fraction of sp³-hybridized carbons (Fsp3) is 0.294. The maximum Gasteiger partial charge on any atom is 0.339 e. The van der Waals surface area contributed by atoms with E-state index < -0.39 is 11.9 Å². The number of hydrogen-bond acceptors (Lipinski definition) is 3. The van der Waals surface area contributed by atoms with Gasteiger partial charge in [-0.3, -0.25) is 0 Å². The van der Waals surface area contributed by atoms with Crippen LogP contribution in [-0.4, -0.2) is 28.2 Å². The normalized spacial score (nSPS) is 10.8. The van der Waals surface area contributed by atoms with Crippen LogP contribution < -0.4 is 0 Å². The van der Waals surface area contributed by atoms with Crippen LogP contribution in [0.4, 0.5) is 0 Å². The Hall–Kier alpha value is -2.27. The van der Waals surface area contributed by atoms with Gasteiger partial charge in [0.25, 0.3) is 0 Å². The molecule has 0 saturated heterocycles. The van der Waals surface area contributed by atoms with E-state index in [1.807, 2.05) is 18.4 Å². The van der Waals surface area contributed by atoms with Crippen molar-refractivity contribution in [3.05, 3.63) is 46.6 Å². The number of carboxylic acid groups (broad SMARTS) is 1. The number of carboxylic acids is 1. The molecule has 0 aliphatic rings. The largest absolute Gasteiger partial charge is 0.478 e. The second kappa shape index (κ2) is 6.87. The van der Waals surface area contributed by atoms with E-state index in [-0.39, 0.29) is 18.2 Å². The van der Waals surface area contributed by atoms with Crippen molar-refractivity contribution in [1.29, 1.82) is 0 Å². The summed E-state index contributed by atoms with van der Waals surface area (Å²) < 4.78 is 6.86. The Balaban J connectivity index is 2.65. The van der Waals surface area contributed by atoms with Crippen LogP contribution in [-0.2, 0) is 4.74 Å². The molecule has 0 unspecified atom stereocenters. The van der Waals surface area contributed by atoms with E-state index in [0.717, 1.165) is 0 Å². The molecule has 1 heterocycles. The number of halogens is 1. The van der Waals surface area contributed by atoms with Crippen molar-refractivity contribution in [2.45, 2.75) is 26.8 Å². The summed E-state index contributed by atoms with van der Waals surface area (Å²) in [5.41, 5.74) is 1.59. The summed E-state index contributed by atoms with van der Waals surface area (Å²) in [5, 5.41) is 9.83. The molecule has 0 aliphatic heterocycles. The number of carbonyl (C=O) groups is 2. The van der Waals surface area contributed by atoms with Gasteiger partial charge in [0.05, 0.1) is 23.4 Å². The SMILES string of the molecule is CCOC(=O)c1cc(-c2cc(Cl)ccc2C(=O)O)n(C(C)C)c1. The summed E-state index contributed by atoms with van der Waals surface area (Å²) in [6.07, 6.45) is 1.67. The average Bonchev–Trinajstić information content (AvgIpc) is 2.92. The van der Waals surface area contributed by atoms with Crippen LogP contribution in [0.3, 0.4) is 0 Å². The Bertz CT molecular complexity index is 749. The Labute approximate surface area is 139 Å². The lowest BCUT2D eigenvalue weighted by Gasteiger charge is -2.14. The first-order valence-electron chi connectivity index (χ1n) is 7.27. The molecule has 0 spiro atoms. The lowest BCUT2D eigenvalue weighted by molar-refractivity contribution is 0.0525. The highest BCUT2D eigenvalue weighted by Crippen LogP contribution is 2.31. The van der Waals surface area contributed by atoms with E-state index in [1.54, 1.807) is 25.3 Å². The minimum atomic E-state index is -1.05. The molecule has 23 heavy (non-hydrogen) atoms. The maximum atomic E-state index is 12.0. The molecule has 122 valence electrons. The number of benzene rings is 1. The van der Waals surface area contributed by atoms with Crippen molar-refractivity contribution in [3.8, 4) is 11.3 Å². The molecule has 0 saturated carbocycles. The molecule has 2 aromatic rings. The molecule has 0 aliphatic carbocycles. The van der Waals surface area contributed by atoms with Gasteiger partial charge in [0.1, 0.15) is 0 Å². The fourth-order valence-electron chi connectivity index (χ4n) is 2.36. The first-order chi connectivity index (χ1) is 10.8. The summed E-state index contributed by atoms with van der Waals surface area (Å²) in [5.74, 6) is -1.49. The number of ether oxygens (including phenoxy) is 1. The van der Waals surface area contributed by atoms with E-state index in [9.17, 15) is 14.7 Å². The monoisotopic (exact) mass is 335 g/mol. The van der Waals surface area contributed by atoms with Gasteiger partial charge in [-0.25, -0.2) is 9.59 Å². The third-order valence-corrected chi connectivity index (χ3v) is 3.64. The van der Waals surface area contributed by atoms with Gasteiger partial charge in [-0.2, -0.15) is 0 Å². The van der Waals surface area contributed by atoms with Crippen molar-refractivity contribution >= 4 is 23.5 Å². The minimum absolute atomic E-state index is 0.0359. The van der Waals surface area contributed by atoms with Crippen molar-refractivity contribution in [2.75, 3.05) is 6.61 Å². The second-order valence-corrected chi connectivity index (χ2v) is 5.77. The lowest BCUT2D eigenvalue weighted by atomic mass is 10.0. The predicted octanol–water partition coefficient (Wildman–Crippen LogP) is 4.26. The summed E-state index contributed by atoms with van der Waals surface area (Å²) >= 11 is 6.03. The van der Waals surface area contributed by atoms with Crippen LogP contribution in [0, 0.1) is 0 Å². The molecule has 5 nitrogen and oxygen atoms in total. The summed E-state index contributed by atoms with van der Waals surface area (Å²) in [4.78, 5) is 23.5. The van der Waals surface area contributed by atoms with Gasteiger partial charge in [0.2, 0.25) is 0 Å². The van der Waals surface area contributed by atoms with Gasteiger partial charge in [-0.1, -0.05) is 11.6 Å². The Morgan fingerprint density at radius 1 is 1.30 bits per heavy atom. The van der Waals surface area contributed by atoms with Gasteiger partial charge in [-0.15, -0.1) is 0 Å². The van der Waals surface area contributed by atoms with Gasteiger partial charge in [0.15, 0.2) is 0 Å². The van der Waals surface area contributed by atoms with Crippen molar-refractivity contribution in [2.24, 2.45) is 0 Å². The van der Waals surface area contributed by atoms with Crippen molar-refractivity contribution < 1.29 is 19.4 Å². The first kappa shape index (κ1) is 17.1. The maximum absolute atomic E-state index is 12.0. The molecular weight excluding hydrogens is 318 g/mol. The Morgan fingerprint density at radius 2 is 2.00 bits per heavy atom. The minimum Gasteiger partial charge on any atom is -0.478 e. The molecule has 0 bridgehead atoms. The first-order valence-corrected chi connectivity index (χ1v) is 7.65. The van der Waals surface area contributed by atoms with Crippen LogP contribution in [0.5, 0.6) is 0 Å². The highest BCUT2D eigenvalue weighted by Gasteiger charge is 2.20. The Kier molecular flexibility index (Phi) is 5.11. The van der Waals surface area contributed by atoms with Crippen LogP contribution in [0.2, 0.25) is 5.02 Å². The zero-order valence-corrected chi connectivity index (χ0v) is 13.9. The molecule has 0 atom stereocenters. The molecular formula is C17H18ClNO4. The second-order valence-electron chi connectivity index (χ2n) is 5.33. The predicted molar refractivity (Wildman–Crippen MR) is 88.2 cm³/mol. The summed E-state index contributed by atoms with van der Waals surface area (Å²) in [6.45, 7) is 5.91. The smallest absolute Gasteiger partial charge is 0.339 e. The quantitative estimate of drug-likeness (QED) is 0.829. The third kappa shape index (κ3) is 3.56. The van der Waals surface area contributed by atoms with E-state index in [1.165, 1.54) is 12.1 Å². The zero-order valence-electron chi connectivity index (χ0n) is 13.2. The molecule has 6 heteroatoms. The van der Waals surface area contributed by atoms with Crippen molar-refractivity contribution in [3.63, 3.8) is 0 Å². The molecule has 0 amide bonds. The highest BCUT2D eigenvalue weighted by molar-refractivity contribution is 6.31. The number of aromatic nitrogens is 1. The number of aromatic carboxylic acids is 1. The summed E-state index contributed by atoms with van der Waals surface area (Å²) in [6, 6.07) is 6.25. The van der Waals surface area contributed by atoms with Gasteiger partial charge < -0.3 is 14.4 Å². The average molecular weight is 336 g/mol. The molecule has 0 radical (unpaired) electrons. The van der Waals surface area contributed by atoms with Crippen LogP contribution in [0.25, 0.3) is 11.3 Å². The van der Waals surface area contributed by atoms with Crippen LogP contribution in [0.1, 0.15) is 47.5 Å². The zero-order chi connectivity index (χ0) is 17.1. The highest BCUT2D eigenvalue weighted by atomic mass is 35.5. The van der Waals surface area contributed by atoms with Crippen molar-refractivity contribution in [1.82, 2.24) is 4.57 Å². The van der Waals surface area contributed by atoms with E-state index in [2.05, 4.69) is 0 Å². The van der Waals surface area contributed by atoms with Gasteiger partial charge >= 0.3 is 11.9 Å². The Morgan fingerprint density at radius 3 is 2.57 bits per heavy atom. The third-order valence-electron chi connectivity index (χ3n) is 3.40. The lowest BCUT2D eigenvalue weighted by Crippen LogP contribution is -2.05. The van der Waals surface area contributed by atoms with Crippen LogP contribution >= 0.6 is 11.6 Å². The molecule has 1 N–H and O–H groups in total.